The highest BCUT2D eigenvalue weighted by Gasteiger charge is 2.66. The number of hydrogen-bond acceptors (Lipinski definition) is 6. The number of nitrogens with two attached hydrogens (primary N) is 1. The molecule has 1 amide bonds. The van der Waals surface area contributed by atoms with Gasteiger partial charge in [0.1, 0.15) is 11.9 Å². The van der Waals surface area contributed by atoms with Crippen LogP contribution in [0.1, 0.15) is 61.9 Å². The minimum absolute atomic E-state index is 0.171. The van der Waals surface area contributed by atoms with Crippen LogP contribution in [0.5, 0.6) is 5.75 Å². The van der Waals surface area contributed by atoms with Crippen molar-refractivity contribution in [1.29, 1.82) is 5.26 Å². The van der Waals surface area contributed by atoms with Gasteiger partial charge in [-0.05, 0) is 49.2 Å². The number of ether oxygens (including phenoxy) is 1. The van der Waals surface area contributed by atoms with Gasteiger partial charge in [0.2, 0.25) is 0 Å². The molecule has 0 bridgehead atoms. The van der Waals surface area contributed by atoms with Crippen LogP contribution >= 0.6 is 0 Å². The van der Waals surface area contributed by atoms with Crippen molar-refractivity contribution >= 4 is 5.91 Å². The molecule has 1 heterocycles. The first-order valence-electron chi connectivity index (χ1n) is 10.1. The van der Waals surface area contributed by atoms with Crippen molar-refractivity contribution in [3.05, 3.63) is 52.8 Å². The Morgan fingerprint density at radius 2 is 1.87 bits per heavy atom. The van der Waals surface area contributed by atoms with E-state index in [1.54, 1.807) is 18.2 Å². The fraction of sp³-hybridized carbons (Fsp3) is 0.478. The predicted octanol–water partition coefficient (Wildman–Crippen LogP) is 3.42. The van der Waals surface area contributed by atoms with Crippen LogP contribution in [0.25, 0.3) is 0 Å². The molecule has 0 spiro atoms. The van der Waals surface area contributed by atoms with Gasteiger partial charge in [-0.25, -0.2) is 5.84 Å². The van der Waals surface area contributed by atoms with E-state index in [2.05, 4.69) is 16.3 Å². The molecule has 0 atom stereocenters. The van der Waals surface area contributed by atoms with E-state index in [1.807, 2.05) is 53.7 Å². The van der Waals surface area contributed by atoms with Gasteiger partial charge < -0.3 is 4.74 Å². The van der Waals surface area contributed by atoms with Crippen molar-refractivity contribution in [1.82, 2.24) is 15.2 Å². The summed E-state index contributed by atoms with van der Waals surface area (Å²) in [5, 5.41) is 18.5. The van der Waals surface area contributed by atoms with Crippen LogP contribution in [-0.4, -0.2) is 33.3 Å². The summed E-state index contributed by atoms with van der Waals surface area (Å²) in [5.41, 5.74) is 1.78. The zero-order chi connectivity index (χ0) is 22.3. The lowest BCUT2D eigenvalue weighted by molar-refractivity contribution is -0.199. The molecule has 2 aromatic rings. The molecule has 158 valence electrons. The number of carbonyl (C=O) groups is 1. The molecular formula is C23H29N5O2. The van der Waals surface area contributed by atoms with Crippen LogP contribution in [-0.2, 0) is 6.42 Å². The normalized spacial score (nSPS) is 21.3. The lowest BCUT2D eigenvalue weighted by atomic mass is 9.49. The second kappa shape index (κ2) is 7.69. The van der Waals surface area contributed by atoms with Crippen LogP contribution in [0.15, 0.2) is 30.3 Å². The van der Waals surface area contributed by atoms with Crippen molar-refractivity contribution in [2.75, 3.05) is 0 Å². The second-order valence-corrected chi connectivity index (χ2v) is 9.10. The molecule has 1 aromatic heterocycles. The summed E-state index contributed by atoms with van der Waals surface area (Å²) in [7, 11) is 0. The van der Waals surface area contributed by atoms with Gasteiger partial charge >= 0.3 is 0 Å². The Bertz CT molecular complexity index is 976. The highest BCUT2D eigenvalue weighted by Crippen LogP contribution is 2.57. The number of aromatic nitrogens is 2. The fourth-order valence-corrected chi connectivity index (χ4v) is 5.07. The van der Waals surface area contributed by atoms with E-state index in [4.69, 9.17) is 10.6 Å². The molecule has 1 aromatic carbocycles. The molecule has 0 unspecified atom stereocenters. The molecule has 3 rings (SSSR count). The van der Waals surface area contributed by atoms with Crippen molar-refractivity contribution < 1.29 is 9.53 Å². The standard InChI is InChI=1S/C23H29N5O2/c1-7-15-12-17(10-9-16(15)13-24)30-21-22(3,4)20(23(21,5)6)28(25)19(29)18-11-8-14(2)26-27-18/h8-12,20-21H,7,25H2,1-6H3/t20-,21-. The highest BCUT2D eigenvalue weighted by atomic mass is 16.5. The Labute approximate surface area is 177 Å². The maximum absolute atomic E-state index is 12.9. The average molecular weight is 408 g/mol. The van der Waals surface area contributed by atoms with Gasteiger partial charge in [-0.1, -0.05) is 34.6 Å². The van der Waals surface area contributed by atoms with E-state index in [0.717, 1.165) is 23.4 Å². The van der Waals surface area contributed by atoms with Gasteiger partial charge in [0.15, 0.2) is 5.69 Å². The zero-order valence-corrected chi connectivity index (χ0v) is 18.4. The first kappa shape index (κ1) is 21.7. The van der Waals surface area contributed by atoms with Gasteiger partial charge in [0.05, 0.1) is 23.4 Å². The first-order chi connectivity index (χ1) is 14.0. The predicted molar refractivity (Wildman–Crippen MR) is 113 cm³/mol. The molecular weight excluding hydrogens is 378 g/mol. The number of nitriles is 1. The maximum atomic E-state index is 12.9. The number of carbonyl (C=O) groups excluding carboxylic acids is 1. The van der Waals surface area contributed by atoms with E-state index in [0.29, 0.717) is 5.56 Å². The fourth-order valence-electron chi connectivity index (χ4n) is 5.07. The van der Waals surface area contributed by atoms with Crippen molar-refractivity contribution in [2.45, 2.75) is 60.1 Å². The van der Waals surface area contributed by atoms with E-state index in [1.165, 1.54) is 5.01 Å². The summed E-state index contributed by atoms with van der Waals surface area (Å²) in [5.74, 6) is 6.66. The SMILES string of the molecule is CCc1cc(O[C@H]2C(C)(C)[C@H](N(N)C(=O)c3ccc(C)nn3)C2(C)C)ccc1C#N. The molecule has 7 nitrogen and oxygen atoms in total. The maximum Gasteiger partial charge on any atom is 0.288 e. The van der Waals surface area contributed by atoms with Crippen LogP contribution in [0.3, 0.4) is 0 Å². The first-order valence-corrected chi connectivity index (χ1v) is 10.1. The van der Waals surface area contributed by atoms with Gasteiger partial charge in [0.25, 0.3) is 5.91 Å². The average Bonchev–Trinajstić information content (AvgIpc) is 2.71. The van der Waals surface area contributed by atoms with Crippen LogP contribution < -0.4 is 10.6 Å². The number of benzene rings is 1. The summed E-state index contributed by atoms with van der Waals surface area (Å²) < 4.78 is 6.37. The minimum Gasteiger partial charge on any atom is -0.489 e. The number of rotatable bonds is 5. The monoisotopic (exact) mass is 407 g/mol. The minimum atomic E-state index is -0.397. The van der Waals surface area contributed by atoms with Gasteiger partial charge in [-0.15, -0.1) is 5.10 Å². The Morgan fingerprint density at radius 1 is 1.20 bits per heavy atom. The molecule has 1 fully saturated rings. The number of amides is 1. The largest absolute Gasteiger partial charge is 0.489 e. The van der Waals surface area contributed by atoms with Gasteiger partial charge in [-0.2, -0.15) is 10.4 Å². The molecule has 1 aliphatic carbocycles. The number of aryl methyl sites for hydroxylation is 2. The van der Waals surface area contributed by atoms with E-state index in [9.17, 15) is 10.1 Å². The third-order valence-corrected chi connectivity index (χ3v) is 6.12. The summed E-state index contributed by atoms with van der Waals surface area (Å²) in [6.45, 7) is 12.0. The quantitative estimate of drug-likeness (QED) is 0.462. The molecule has 7 heteroatoms. The Kier molecular flexibility index (Phi) is 5.57. The van der Waals surface area contributed by atoms with Crippen molar-refractivity contribution in [3.8, 4) is 11.8 Å². The van der Waals surface area contributed by atoms with Crippen LogP contribution in [0.2, 0.25) is 0 Å². The molecule has 0 radical (unpaired) electrons. The van der Waals surface area contributed by atoms with E-state index < -0.39 is 10.8 Å². The Morgan fingerprint density at radius 3 is 2.40 bits per heavy atom. The van der Waals surface area contributed by atoms with Crippen LogP contribution in [0.4, 0.5) is 0 Å². The Balaban J connectivity index is 1.83. The number of hydrogen-bond donors (Lipinski definition) is 1. The van der Waals surface area contributed by atoms with Gasteiger partial charge in [-0.3, -0.25) is 9.80 Å². The lowest BCUT2D eigenvalue weighted by Crippen LogP contribution is -2.76. The molecule has 0 aliphatic heterocycles. The summed E-state index contributed by atoms with van der Waals surface area (Å²) in [4.78, 5) is 12.9. The molecule has 0 saturated heterocycles. The van der Waals surface area contributed by atoms with Gasteiger partial charge in [0, 0.05) is 10.8 Å². The van der Waals surface area contributed by atoms with Crippen molar-refractivity contribution in [2.24, 2.45) is 16.7 Å². The summed E-state index contributed by atoms with van der Waals surface area (Å²) in [6.07, 6.45) is 0.582. The smallest absolute Gasteiger partial charge is 0.288 e. The third-order valence-electron chi connectivity index (χ3n) is 6.12. The lowest BCUT2D eigenvalue weighted by Gasteiger charge is -2.64. The number of nitrogens with zero attached hydrogens (tertiary/aromatic N) is 4. The highest BCUT2D eigenvalue weighted by molar-refractivity contribution is 5.92. The molecule has 2 N–H and O–H groups in total. The molecule has 1 aliphatic rings. The molecule has 30 heavy (non-hydrogen) atoms. The van der Waals surface area contributed by atoms with E-state index >= 15 is 0 Å². The summed E-state index contributed by atoms with van der Waals surface area (Å²) >= 11 is 0. The zero-order valence-electron chi connectivity index (χ0n) is 18.4. The second-order valence-electron chi connectivity index (χ2n) is 9.10. The van der Waals surface area contributed by atoms with Crippen molar-refractivity contribution in [3.63, 3.8) is 0 Å². The van der Waals surface area contributed by atoms with Crippen LogP contribution in [0, 0.1) is 29.1 Å². The topological polar surface area (TPSA) is 105 Å². The summed E-state index contributed by atoms with van der Waals surface area (Å²) in [6, 6.07) is 10.9. The number of hydrazine groups is 1. The molecule has 1 saturated carbocycles. The Hall–Kier alpha value is -2.98. The van der Waals surface area contributed by atoms with E-state index in [-0.39, 0.29) is 23.7 Å². The third kappa shape index (κ3) is 3.52.